The Kier molecular flexibility index (Phi) is 7.40. The Morgan fingerprint density at radius 3 is 2.23 bits per heavy atom. The number of thioether (sulfide) groups is 1. The van der Waals surface area contributed by atoms with Gasteiger partial charge in [0.1, 0.15) is 5.50 Å². The Hall–Kier alpha value is -2.36. The van der Waals surface area contributed by atoms with E-state index in [0.29, 0.717) is 12.1 Å². The Labute approximate surface area is 187 Å². The number of rotatable bonds is 7. The lowest BCUT2D eigenvalue weighted by Crippen LogP contribution is -2.60. The largest absolute Gasteiger partial charge is 0.331 e. The number of hydrogen-bond acceptors (Lipinski definition) is 6. The van der Waals surface area contributed by atoms with Gasteiger partial charge in [0.25, 0.3) is 0 Å². The van der Waals surface area contributed by atoms with Crippen LogP contribution in [0, 0.1) is 13.8 Å². The van der Waals surface area contributed by atoms with Gasteiger partial charge in [-0.05, 0) is 44.5 Å². The first-order valence-corrected chi connectivity index (χ1v) is 12.6. The number of sulfone groups is 1. The van der Waals surface area contributed by atoms with E-state index in [9.17, 15) is 18.0 Å². The molecule has 3 N–H and O–H groups in total. The molecule has 3 rings (SSSR count). The van der Waals surface area contributed by atoms with Crippen molar-refractivity contribution in [2.75, 3.05) is 11.9 Å². The summed E-state index contributed by atoms with van der Waals surface area (Å²) in [7, 11) is -3.81. The molecule has 0 aromatic heterocycles. The number of anilines is 1. The molecule has 3 atom stereocenters. The van der Waals surface area contributed by atoms with E-state index >= 15 is 0 Å². The van der Waals surface area contributed by atoms with E-state index < -0.39 is 31.7 Å². The normalized spacial score (nSPS) is 20.0. The molecule has 1 aliphatic heterocycles. The summed E-state index contributed by atoms with van der Waals surface area (Å²) < 4.78 is 25.7. The number of benzene rings is 2. The van der Waals surface area contributed by atoms with Crippen molar-refractivity contribution in [3.63, 3.8) is 0 Å². The summed E-state index contributed by atoms with van der Waals surface area (Å²) in [4.78, 5) is 25.4. The van der Waals surface area contributed by atoms with Crippen LogP contribution in [0.15, 0.2) is 53.4 Å². The second-order valence-corrected chi connectivity index (χ2v) is 11.0. The van der Waals surface area contributed by atoms with Crippen LogP contribution in [0.25, 0.3) is 0 Å². The molecule has 2 amide bonds. The van der Waals surface area contributed by atoms with Crippen molar-refractivity contribution in [1.29, 1.82) is 0 Å². The molecule has 1 saturated heterocycles. The molecule has 0 saturated carbocycles. The summed E-state index contributed by atoms with van der Waals surface area (Å²) >= 11 is 1.26. The van der Waals surface area contributed by atoms with E-state index in [4.69, 9.17) is 0 Å². The zero-order chi connectivity index (χ0) is 22.6. The van der Waals surface area contributed by atoms with Gasteiger partial charge in [0.15, 0.2) is 15.1 Å². The van der Waals surface area contributed by atoms with E-state index in [0.717, 1.165) is 11.1 Å². The Morgan fingerprint density at radius 2 is 1.68 bits per heavy atom. The molecule has 31 heavy (non-hydrogen) atoms. The topological polar surface area (TPSA) is 104 Å². The maximum Gasteiger partial charge on any atom is 0.241 e. The van der Waals surface area contributed by atoms with E-state index in [1.807, 2.05) is 45.0 Å². The third-order valence-corrected chi connectivity index (χ3v) is 8.55. The smallest absolute Gasteiger partial charge is 0.241 e. The highest BCUT2D eigenvalue weighted by molar-refractivity contribution is 8.01. The molecular formula is C22H27N3O4S2. The predicted molar refractivity (Wildman–Crippen MR) is 124 cm³/mol. The second-order valence-electron chi connectivity index (χ2n) is 7.53. The Balaban J connectivity index is 1.61. The predicted octanol–water partition coefficient (Wildman–Crippen LogP) is 2.60. The highest BCUT2D eigenvalue weighted by Crippen LogP contribution is 2.24. The van der Waals surface area contributed by atoms with Crippen molar-refractivity contribution >= 4 is 39.1 Å². The second kappa shape index (κ2) is 9.84. The van der Waals surface area contributed by atoms with Crippen LogP contribution in [0.5, 0.6) is 0 Å². The molecule has 0 radical (unpaired) electrons. The number of nitrogens with one attached hydrogen (secondary N) is 3. The molecule has 0 spiro atoms. The number of amides is 2. The molecule has 0 bridgehead atoms. The highest BCUT2D eigenvalue weighted by Gasteiger charge is 2.39. The third-order valence-electron chi connectivity index (χ3n) is 5.06. The minimum atomic E-state index is -3.81. The van der Waals surface area contributed by atoms with E-state index in [1.54, 1.807) is 12.1 Å². The summed E-state index contributed by atoms with van der Waals surface area (Å²) in [5.41, 5.74) is 2.20. The fourth-order valence-corrected chi connectivity index (χ4v) is 5.76. The molecule has 0 aliphatic carbocycles. The lowest BCUT2D eigenvalue weighted by atomic mass is 10.2. The van der Waals surface area contributed by atoms with Gasteiger partial charge in [0.2, 0.25) is 11.8 Å². The summed E-state index contributed by atoms with van der Waals surface area (Å²) in [6.07, 6.45) is 0.557. The van der Waals surface area contributed by atoms with Crippen LogP contribution in [0.2, 0.25) is 0 Å². The molecule has 3 unspecified atom stereocenters. The quantitative estimate of drug-likeness (QED) is 0.586. The summed E-state index contributed by atoms with van der Waals surface area (Å²) in [6.45, 7) is 5.71. The fourth-order valence-electron chi connectivity index (χ4n) is 3.17. The molecule has 1 heterocycles. The molecule has 1 aliphatic rings. The Morgan fingerprint density at radius 1 is 1.10 bits per heavy atom. The van der Waals surface area contributed by atoms with Crippen molar-refractivity contribution in [3.8, 4) is 0 Å². The molecule has 2 aromatic carbocycles. The zero-order valence-corrected chi connectivity index (χ0v) is 19.3. The monoisotopic (exact) mass is 461 g/mol. The first kappa shape index (κ1) is 23.3. The fraction of sp³-hybridized carbons (Fsp3) is 0.364. The van der Waals surface area contributed by atoms with Crippen LogP contribution < -0.4 is 16.0 Å². The zero-order valence-electron chi connectivity index (χ0n) is 17.7. The maximum absolute atomic E-state index is 12.9. The van der Waals surface area contributed by atoms with Crippen LogP contribution in [-0.2, 0) is 19.4 Å². The molecular weight excluding hydrogens is 434 g/mol. The van der Waals surface area contributed by atoms with Gasteiger partial charge in [-0.15, -0.1) is 11.8 Å². The van der Waals surface area contributed by atoms with Crippen LogP contribution in [0.3, 0.4) is 0 Å². The van der Waals surface area contributed by atoms with Gasteiger partial charge >= 0.3 is 0 Å². The van der Waals surface area contributed by atoms with Gasteiger partial charge in [-0.1, -0.05) is 42.3 Å². The molecule has 166 valence electrons. The molecule has 2 aromatic rings. The van der Waals surface area contributed by atoms with Gasteiger partial charge in [-0.25, -0.2) is 8.42 Å². The number of carbonyl (C=O) groups excluding carboxylic acids is 2. The van der Waals surface area contributed by atoms with Crippen LogP contribution >= 0.6 is 11.8 Å². The lowest BCUT2D eigenvalue weighted by molar-refractivity contribution is -0.122. The standard InChI is InChI=1S/C22H27N3O4S2/c1-4-18(20(26)24-16-9-5-14(2)6-10-16)30-22-23-13-19(21(27)25-22)31(28,29)17-11-7-15(3)8-12-17/h5-12,18-19,22-23H,4,13H2,1-3H3,(H,24,26)(H,25,27). The molecule has 1 fully saturated rings. The van der Waals surface area contributed by atoms with E-state index in [2.05, 4.69) is 16.0 Å². The van der Waals surface area contributed by atoms with Crippen LogP contribution in [0.1, 0.15) is 24.5 Å². The van der Waals surface area contributed by atoms with Crippen LogP contribution in [-0.4, -0.2) is 42.8 Å². The van der Waals surface area contributed by atoms with Gasteiger partial charge in [0, 0.05) is 12.2 Å². The number of aryl methyl sites for hydroxylation is 2. The van der Waals surface area contributed by atoms with Gasteiger partial charge < -0.3 is 10.6 Å². The SMILES string of the molecule is CCC(SC1NCC(S(=O)(=O)c2ccc(C)cc2)C(=O)N1)C(=O)Nc1ccc(C)cc1. The van der Waals surface area contributed by atoms with Gasteiger partial charge in [0.05, 0.1) is 10.1 Å². The minimum absolute atomic E-state index is 0.0181. The maximum atomic E-state index is 12.9. The first-order valence-electron chi connectivity index (χ1n) is 10.1. The van der Waals surface area contributed by atoms with Gasteiger partial charge in [-0.2, -0.15) is 0 Å². The molecule has 7 nitrogen and oxygen atoms in total. The number of hydrogen-bond donors (Lipinski definition) is 3. The van der Waals surface area contributed by atoms with Crippen molar-refractivity contribution in [2.45, 2.75) is 48.1 Å². The number of carbonyl (C=O) groups is 2. The van der Waals surface area contributed by atoms with E-state index in [-0.39, 0.29) is 17.3 Å². The molecule has 9 heteroatoms. The summed E-state index contributed by atoms with van der Waals surface area (Å²) in [5.74, 6) is -0.729. The summed E-state index contributed by atoms with van der Waals surface area (Å²) in [5, 5.41) is 7.01. The summed E-state index contributed by atoms with van der Waals surface area (Å²) in [6, 6.07) is 14.0. The minimum Gasteiger partial charge on any atom is -0.331 e. The van der Waals surface area contributed by atoms with E-state index in [1.165, 1.54) is 23.9 Å². The van der Waals surface area contributed by atoms with Crippen molar-refractivity contribution in [1.82, 2.24) is 10.6 Å². The third kappa shape index (κ3) is 5.66. The average molecular weight is 462 g/mol. The van der Waals surface area contributed by atoms with Gasteiger partial charge in [-0.3, -0.25) is 14.9 Å². The van der Waals surface area contributed by atoms with Crippen molar-refractivity contribution < 1.29 is 18.0 Å². The average Bonchev–Trinajstić information content (AvgIpc) is 2.73. The van der Waals surface area contributed by atoms with Crippen molar-refractivity contribution in [3.05, 3.63) is 59.7 Å². The Bertz CT molecular complexity index is 1040. The van der Waals surface area contributed by atoms with Crippen LogP contribution in [0.4, 0.5) is 5.69 Å². The van der Waals surface area contributed by atoms with Crippen molar-refractivity contribution in [2.24, 2.45) is 0 Å². The highest BCUT2D eigenvalue weighted by atomic mass is 32.2. The first-order chi connectivity index (χ1) is 14.7. The lowest BCUT2D eigenvalue weighted by Gasteiger charge is -2.31.